The second-order valence-corrected chi connectivity index (χ2v) is 7.56. The van der Waals surface area contributed by atoms with Crippen LogP contribution in [0.5, 0.6) is 0 Å². The van der Waals surface area contributed by atoms with E-state index in [-0.39, 0.29) is 5.91 Å². The minimum atomic E-state index is 0.215. The number of piperazine rings is 1. The Balaban J connectivity index is 1.58. The number of fused-ring (bicyclic) bond motifs is 1. The van der Waals surface area contributed by atoms with Gasteiger partial charge >= 0.3 is 0 Å². The monoisotopic (exact) mass is 362 g/mol. The van der Waals surface area contributed by atoms with Gasteiger partial charge in [-0.15, -0.1) is 18.3 Å². The van der Waals surface area contributed by atoms with Crippen LogP contribution in [0, 0.1) is 0 Å². The Morgan fingerprint density at radius 2 is 2.08 bits per heavy atom. The number of benzene rings is 1. The number of carbonyl (C=O) groups is 1. The minimum absolute atomic E-state index is 0.215. The minimum Gasteiger partial charge on any atom is -0.339 e. The molecule has 0 N–H and O–H groups in total. The molecule has 0 aromatic heterocycles. The third-order valence-electron chi connectivity index (χ3n) is 4.55. The van der Waals surface area contributed by atoms with E-state index in [0.29, 0.717) is 5.75 Å². The highest BCUT2D eigenvalue weighted by molar-refractivity contribution is 8.00. The van der Waals surface area contributed by atoms with Gasteiger partial charge in [0.2, 0.25) is 5.91 Å². The van der Waals surface area contributed by atoms with E-state index in [1.54, 1.807) is 11.8 Å². The summed E-state index contributed by atoms with van der Waals surface area (Å²) in [7, 11) is 0. The predicted octanol–water partition coefficient (Wildman–Crippen LogP) is 3.63. The first kappa shape index (κ1) is 17.6. The molecule has 1 aromatic carbocycles. The van der Waals surface area contributed by atoms with Gasteiger partial charge in [0, 0.05) is 48.2 Å². The average Bonchev–Trinajstić information content (AvgIpc) is 2.61. The first-order valence-electron chi connectivity index (χ1n) is 8.41. The summed E-state index contributed by atoms with van der Waals surface area (Å²) in [6.07, 6.45) is 6.02. The van der Waals surface area contributed by atoms with Crippen molar-refractivity contribution in [3.8, 4) is 0 Å². The van der Waals surface area contributed by atoms with Crippen molar-refractivity contribution in [2.45, 2.75) is 17.7 Å². The van der Waals surface area contributed by atoms with E-state index < -0.39 is 0 Å². The summed E-state index contributed by atoms with van der Waals surface area (Å²) in [6, 6.07) is 6.27. The molecule has 2 aliphatic rings. The van der Waals surface area contributed by atoms with Crippen molar-refractivity contribution in [1.29, 1.82) is 0 Å². The molecule has 0 radical (unpaired) electrons. The summed E-state index contributed by atoms with van der Waals surface area (Å²) in [5.41, 5.74) is 2.41. The summed E-state index contributed by atoms with van der Waals surface area (Å²) in [5.74, 6) is 0.689. The van der Waals surface area contributed by atoms with Crippen molar-refractivity contribution in [2.75, 3.05) is 38.5 Å². The normalized spacial score (nSPS) is 18.0. The lowest BCUT2D eigenvalue weighted by Crippen LogP contribution is -2.49. The Bertz CT molecular complexity index is 651. The zero-order chi connectivity index (χ0) is 16.9. The molecular formula is C19H23ClN2OS. The number of amides is 1. The topological polar surface area (TPSA) is 23.6 Å². The molecule has 5 heteroatoms. The largest absolute Gasteiger partial charge is 0.339 e. The molecular weight excluding hydrogens is 340 g/mol. The molecule has 3 rings (SSSR count). The lowest BCUT2D eigenvalue weighted by Gasteiger charge is -2.34. The van der Waals surface area contributed by atoms with E-state index in [1.165, 1.54) is 5.56 Å². The van der Waals surface area contributed by atoms with Gasteiger partial charge in [0.25, 0.3) is 0 Å². The van der Waals surface area contributed by atoms with Crippen LogP contribution >= 0.6 is 23.4 Å². The van der Waals surface area contributed by atoms with Gasteiger partial charge in [0.15, 0.2) is 0 Å². The molecule has 1 saturated heterocycles. The van der Waals surface area contributed by atoms with Gasteiger partial charge in [0.1, 0.15) is 0 Å². The Morgan fingerprint density at radius 1 is 1.29 bits per heavy atom. The summed E-state index contributed by atoms with van der Waals surface area (Å²) >= 11 is 8.01. The standard InChI is InChI=1S/C19H23ClN2OS/c1-2-9-21-10-12-22(13-11-21)18(23)14-24-17-8-4-6-15-5-3-7-16(20)19(15)17/h2,4,6-8H,1,3,5,9-14H2. The molecule has 1 aromatic rings. The van der Waals surface area contributed by atoms with Gasteiger partial charge in [-0.05, 0) is 24.5 Å². The number of halogens is 1. The molecule has 0 bridgehead atoms. The van der Waals surface area contributed by atoms with E-state index in [9.17, 15) is 4.79 Å². The lowest BCUT2D eigenvalue weighted by atomic mass is 9.97. The Labute approximate surface area is 153 Å². The fourth-order valence-electron chi connectivity index (χ4n) is 3.23. The van der Waals surface area contributed by atoms with Gasteiger partial charge in [-0.2, -0.15) is 0 Å². The van der Waals surface area contributed by atoms with Crippen LogP contribution in [0.2, 0.25) is 0 Å². The van der Waals surface area contributed by atoms with Crippen LogP contribution in [0.15, 0.2) is 41.8 Å². The molecule has 24 heavy (non-hydrogen) atoms. The van der Waals surface area contributed by atoms with Crippen LogP contribution in [-0.4, -0.2) is 54.2 Å². The van der Waals surface area contributed by atoms with Crippen LogP contribution in [0.25, 0.3) is 5.03 Å². The molecule has 0 saturated carbocycles. The fourth-order valence-corrected chi connectivity index (χ4v) is 4.64. The van der Waals surface area contributed by atoms with Gasteiger partial charge in [-0.1, -0.05) is 35.9 Å². The predicted molar refractivity (Wildman–Crippen MR) is 103 cm³/mol. The second kappa shape index (κ2) is 8.24. The van der Waals surface area contributed by atoms with Gasteiger partial charge in [-0.3, -0.25) is 9.69 Å². The fraction of sp³-hybridized carbons (Fsp3) is 0.421. The molecule has 1 aliphatic carbocycles. The third kappa shape index (κ3) is 4.05. The first-order valence-corrected chi connectivity index (χ1v) is 9.77. The van der Waals surface area contributed by atoms with Crippen molar-refractivity contribution >= 4 is 34.3 Å². The zero-order valence-electron chi connectivity index (χ0n) is 13.8. The number of rotatable bonds is 5. The summed E-state index contributed by atoms with van der Waals surface area (Å²) < 4.78 is 0. The molecule has 3 nitrogen and oxygen atoms in total. The molecule has 1 heterocycles. The van der Waals surface area contributed by atoms with Gasteiger partial charge in [0.05, 0.1) is 5.75 Å². The Kier molecular flexibility index (Phi) is 6.04. The molecule has 0 atom stereocenters. The number of aryl methyl sites for hydroxylation is 1. The molecule has 0 unspecified atom stereocenters. The number of allylic oxidation sites excluding steroid dienone is 1. The van der Waals surface area contributed by atoms with E-state index in [2.05, 4.69) is 35.8 Å². The van der Waals surface area contributed by atoms with Crippen LogP contribution in [0.3, 0.4) is 0 Å². The lowest BCUT2D eigenvalue weighted by molar-refractivity contribution is -0.129. The number of thioether (sulfide) groups is 1. The van der Waals surface area contributed by atoms with Crippen molar-refractivity contribution in [3.63, 3.8) is 0 Å². The van der Waals surface area contributed by atoms with Crippen LogP contribution in [-0.2, 0) is 11.2 Å². The number of carbonyl (C=O) groups excluding carboxylic acids is 1. The van der Waals surface area contributed by atoms with E-state index in [0.717, 1.165) is 61.1 Å². The summed E-state index contributed by atoms with van der Waals surface area (Å²) in [6.45, 7) is 8.14. The van der Waals surface area contributed by atoms with E-state index in [4.69, 9.17) is 11.6 Å². The highest BCUT2D eigenvalue weighted by Gasteiger charge is 2.21. The highest BCUT2D eigenvalue weighted by Crippen LogP contribution is 2.36. The molecule has 1 amide bonds. The van der Waals surface area contributed by atoms with E-state index in [1.807, 2.05) is 11.0 Å². The number of nitrogens with zero attached hydrogens (tertiary/aromatic N) is 2. The number of hydrogen-bond acceptors (Lipinski definition) is 3. The summed E-state index contributed by atoms with van der Waals surface area (Å²) in [5, 5.41) is 0.824. The molecule has 128 valence electrons. The maximum absolute atomic E-state index is 12.5. The second-order valence-electron chi connectivity index (χ2n) is 6.14. The van der Waals surface area contributed by atoms with Gasteiger partial charge in [-0.25, -0.2) is 0 Å². The van der Waals surface area contributed by atoms with Crippen molar-refractivity contribution < 1.29 is 4.79 Å². The average molecular weight is 363 g/mol. The first-order chi connectivity index (χ1) is 11.7. The number of hydrogen-bond donors (Lipinski definition) is 0. The van der Waals surface area contributed by atoms with Crippen LogP contribution < -0.4 is 0 Å². The quantitative estimate of drug-likeness (QED) is 0.590. The zero-order valence-corrected chi connectivity index (χ0v) is 15.4. The molecule has 0 spiro atoms. The van der Waals surface area contributed by atoms with Crippen molar-refractivity contribution in [2.24, 2.45) is 0 Å². The third-order valence-corrected chi connectivity index (χ3v) is 5.94. The molecule has 1 aliphatic heterocycles. The highest BCUT2D eigenvalue weighted by atomic mass is 35.5. The Morgan fingerprint density at radius 3 is 2.83 bits per heavy atom. The maximum Gasteiger partial charge on any atom is 0.233 e. The van der Waals surface area contributed by atoms with Crippen LogP contribution in [0.1, 0.15) is 17.5 Å². The SMILES string of the molecule is C=CCN1CCN(C(=O)CSc2cccc3c2C(Cl)=CCC3)CC1. The van der Waals surface area contributed by atoms with Crippen molar-refractivity contribution in [3.05, 3.63) is 48.1 Å². The van der Waals surface area contributed by atoms with Crippen LogP contribution in [0.4, 0.5) is 0 Å². The van der Waals surface area contributed by atoms with Crippen molar-refractivity contribution in [1.82, 2.24) is 9.80 Å². The van der Waals surface area contributed by atoms with Gasteiger partial charge < -0.3 is 4.90 Å². The maximum atomic E-state index is 12.5. The molecule has 1 fully saturated rings. The Hall–Kier alpha value is -1.23. The van der Waals surface area contributed by atoms with E-state index >= 15 is 0 Å². The smallest absolute Gasteiger partial charge is 0.233 e. The summed E-state index contributed by atoms with van der Waals surface area (Å²) in [4.78, 5) is 17.9.